The molecule has 0 radical (unpaired) electrons. The highest BCUT2D eigenvalue weighted by molar-refractivity contribution is 5.59. The lowest BCUT2D eigenvalue weighted by Gasteiger charge is -2.20. The fraction of sp³-hybridized carbons (Fsp3) is 0.294. The second-order valence-electron chi connectivity index (χ2n) is 5.05. The summed E-state index contributed by atoms with van der Waals surface area (Å²) in [6.07, 6.45) is 0. The monoisotopic (exact) mass is 239 g/mol. The number of anilines is 1. The molecule has 2 aromatic rings. The van der Waals surface area contributed by atoms with E-state index in [0.29, 0.717) is 6.04 Å². The standard InChI is InChI=1S/C17H21N/c1-12-10-13(2)17(14(3)11-12)18-15(4)16-8-6-5-7-9-16/h5-11,15,18H,1-4H3/t15-/m1/s1. The van der Waals surface area contributed by atoms with Crippen LogP contribution in [0.1, 0.15) is 35.2 Å². The predicted molar refractivity (Wildman–Crippen MR) is 79.1 cm³/mol. The van der Waals surface area contributed by atoms with E-state index in [9.17, 15) is 0 Å². The molecule has 0 unspecified atom stereocenters. The molecule has 0 aromatic heterocycles. The van der Waals surface area contributed by atoms with E-state index < -0.39 is 0 Å². The van der Waals surface area contributed by atoms with Gasteiger partial charge in [-0.25, -0.2) is 0 Å². The van der Waals surface area contributed by atoms with Gasteiger partial charge >= 0.3 is 0 Å². The van der Waals surface area contributed by atoms with Crippen LogP contribution >= 0.6 is 0 Å². The van der Waals surface area contributed by atoms with E-state index in [1.165, 1.54) is 27.9 Å². The van der Waals surface area contributed by atoms with Crippen LogP contribution in [0.3, 0.4) is 0 Å². The van der Waals surface area contributed by atoms with Gasteiger partial charge in [0, 0.05) is 11.7 Å². The van der Waals surface area contributed by atoms with Gasteiger partial charge in [0.25, 0.3) is 0 Å². The lowest BCUT2D eigenvalue weighted by atomic mass is 10.0. The van der Waals surface area contributed by atoms with E-state index in [0.717, 1.165) is 0 Å². The minimum absolute atomic E-state index is 0.325. The number of aryl methyl sites for hydroxylation is 3. The van der Waals surface area contributed by atoms with Crippen molar-refractivity contribution in [2.45, 2.75) is 33.7 Å². The number of benzene rings is 2. The van der Waals surface area contributed by atoms with Crippen LogP contribution < -0.4 is 5.32 Å². The fourth-order valence-electron chi connectivity index (χ4n) is 2.45. The molecule has 0 fully saturated rings. The predicted octanol–water partition coefficient (Wildman–Crippen LogP) is 4.78. The largest absolute Gasteiger partial charge is 0.378 e. The van der Waals surface area contributed by atoms with Gasteiger partial charge in [0.05, 0.1) is 0 Å². The zero-order valence-corrected chi connectivity index (χ0v) is 11.6. The molecule has 0 amide bonds. The first-order valence-electron chi connectivity index (χ1n) is 6.47. The van der Waals surface area contributed by atoms with Crippen molar-refractivity contribution in [1.82, 2.24) is 0 Å². The van der Waals surface area contributed by atoms with Gasteiger partial charge in [-0.05, 0) is 44.4 Å². The van der Waals surface area contributed by atoms with Crippen molar-refractivity contribution in [2.24, 2.45) is 0 Å². The van der Waals surface area contributed by atoms with Crippen LogP contribution in [-0.4, -0.2) is 0 Å². The van der Waals surface area contributed by atoms with Crippen molar-refractivity contribution in [1.29, 1.82) is 0 Å². The third kappa shape index (κ3) is 2.73. The maximum absolute atomic E-state index is 3.62. The maximum atomic E-state index is 3.62. The molecule has 2 aromatic carbocycles. The summed E-state index contributed by atoms with van der Waals surface area (Å²) in [5, 5.41) is 3.62. The summed E-state index contributed by atoms with van der Waals surface area (Å²) in [4.78, 5) is 0. The molecule has 1 nitrogen and oxygen atoms in total. The molecule has 0 spiro atoms. The highest BCUT2D eigenvalue weighted by Gasteiger charge is 2.08. The number of hydrogen-bond donors (Lipinski definition) is 1. The Morgan fingerprint density at radius 2 is 1.44 bits per heavy atom. The molecule has 0 bridgehead atoms. The Morgan fingerprint density at radius 3 is 2.00 bits per heavy atom. The summed E-state index contributed by atoms with van der Waals surface area (Å²) in [7, 11) is 0. The zero-order chi connectivity index (χ0) is 13.1. The molecule has 1 heteroatoms. The summed E-state index contributed by atoms with van der Waals surface area (Å²) in [5.74, 6) is 0. The van der Waals surface area contributed by atoms with E-state index in [-0.39, 0.29) is 0 Å². The second kappa shape index (κ2) is 5.26. The highest BCUT2D eigenvalue weighted by atomic mass is 14.9. The minimum atomic E-state index is 0.325. The average Bonchev–Trinajstić information content (AvgIpc) is 2.34. The van der Waals surface area contributed by atoms with E-state index in [4.69, 9.17) is 0 Å². The second-order valence-corrected chi connectivity index (χ2v) is 5.05. The number of nitrogens with one attached hydrogen (secondary N) is 1. The molecular weight excluding hydrogens is 218 g/mol. The normalized spacial score (nSPS) is 12.2. The van der Waals surface area contributed by atoms with Crippen molar-refractivity contribution in [2.75, 3.05) is 5.32 Å². The van der Waals surface area contributed by atoms with Crippen molar-refractivity contribution < 1.29 is 0 Å². The van der Waals surface area contributed by atoms with Gasteiger partial charge in [-0.1, -0.05) is 48.0 Å². The lowest BCUT2D eigenvalue weighted by molar-refractivity contribution is 0.880. The van der Waals surface area contributed by atoms with Gasteiger partial charge in [0.1, 0.15) is 0 Å². The average molecular weight is 239 g/mol. The van der Waals surface area contributed by atoms with E-state index >= 15 is 0 Å². The van der Waals surface area contributed by atoms with Crippen molar-refractivity contribution >= 4 is 5.69 Å². The van der Waals surface area contributed by atoms with Gasteiger partial charge in [0.15, 0.2) is 0 Å². The molecule has 2 rings (SSSR count). The van der Waals surface area contributed by atoms with Gasteiger partial charge in [-0.2, -0.15) is 0 Å². The van der Waals surface area contributed by atoms with Crippen LogP contribution in [0.15, 0.2) is 42.5 Å². The SMILES string of the molecule is Cc1cc(C)c(N[C@H](C)c2ccccc2)c(C)c1. The Bertz CT molecular complexity index is 506. The molecule has 0 aliphatic rings. The quantitative estimate of drug-likeness (QED) is 0.812. The van der Waals surface area contributed by atoms with Crippen molar-refractivity contribution in [3.05, 3.63) is 64.7 Å². The van der Waals surface area contributed by atoms with E-state index in [1.807, 2.05) is 0 Å². The van der Waals surface area contributed by atoms with Crippen LogP contribution in [0.5, 0.6) is 0 Å². The zero-order valence-electron chi connectivity index (χ0n) is 11.6. The fourth-order valence-corrected chi connectivity index (χ4v) is 2.45. The lowest BCUT2D eigenvalue weighted by Crippen LogP contribution is -2.09. The van der Waals surface area contributed by atoms with Gasteiger partial charge in [-0.3, -0.25) is 0 Å². The smallest absolute Gasteiger partial charge is 0.0485 e. The third-order valence-electron chi connectivity index (χ3n) is 3.34. The van der Waals surface area contributed by atoms with Gasteiger partial charge in [-0.15, -0.1) is 0 Å². The molecule has 0 saturated heterocycles. The highest BCUT2D eigenvalue weighted by Crippen LogP contribution is 2.26. The summed E-state index contributed by atoms with van der Waals surface area (Å²) < 4.78 is 0. The van der Waals surface area contributed by atoms with E-state index in [2.05, 4.69) is 75.5 Å². The molecule has 0 saturated carbocycles. The molecule has 1 N–H and O–H groups in total. The Kier molecular flexibility index (Phi) is 3.71. The van der Waals surface area contributed by atoms with Gasteiger partial charge in [0.2, 0.25) is 0 Å². The molecule has 1 atom stereocenters. The Morgan fingerprint density at radius 1 is 0.889 bits per heavy atom. The first kappa shape index (κ1) is 12.7. The summed E-state index contributed by atoms with van der Waals surface area (Å²) >= 11 is 0. The summed E-state index contributed by atoms with van der Waals surface area (Å²) in [6.45, 7) is 8.68. The maximum Gasteiger partial charge on any atom is 0.0485 e. The molecule has 0 aliphatic heterocycles. The molecule has 94 valence electrons. The summed E-state index contributed by atoms with van der Waals surface area (Å²) in [5.41, 5.74) is 6.53. The number of hydrogen-bond acceptors (Lipinski definition) is 1. The minimum Gasteiger partial charge on any atom is -0.378 e. The molecule has 0 heterocycles. The Balaban J connectivity index is 2.25. The first-order chi connectivity index (χ1) is 8.58. The molecular formula is C17H21N. The molecule has 18 heavy (non-hydrogen) atoms. The molecule has 0 aliphatic carbocycles. The van der Waals surface area contributed by atoms with E-state index in [1.54, 1.807) is 0 Å². The van der Waals surface area contributed by atoms with Crippen LogP contribution in [0.25, 0.3) is 0 Å². The van der Waals surface area contributed by atoms with Crippen molar-refractivity contribution in [3.63, 3.8) is 0 Å². The van der Waals surface area contributed by atoms with Crippen LogP contribution in [0.2, 0.25) is 0 Å². The third-order valence-corrected chi connectivity index (χ3v) is 3.34. The van der Waals surface area contributed by atoms with Crippen molar-refractivity contribution in [3.8, 4) is 0 Å². The first-order valence-corrected chi connectivity index (χ1v) is 6.47. The number of rotatable bonds is 3. The Hall–Kier alpha value is -1.76. The van der Waals surface area contributed by atoms with Gasteiger partial charge < -0.3 is 5.32 Å². The van der Waals surface area contributed by atoms with Crippen LogP contribution in [-0.2, 0) is 0 Å². The summed E-state index contributed by atoms with van der Waals surface area (Å²) in [6, 6.07) is 15.3. The van der Waals surface area contributed by atoms with Crippen LogP contribution in [0.4, 0.5) is 5.69 Å². The topological polar surface area (TPSA) is 12.0 Å². The van der Waals surface area contributed by atoms with Crippen LogP contribution in [0, 0.1) is 20.8 Å². The Labute approximate surface area is 110 Å².